The van der Waals surface area contributed by atoms with Gasteiger partial charge in [0, 0.05) is 16.6 Å². The zero-order chi connectivity index (χ0) is 11.5. The summed E-state index contributed by atoms with van der Waals surface area (Å²) in [6, 6.07) is 9.90. The Hall–Kier alpha value is -1.26. The first-order chi connectivity index (χ1) is 7.70. The SMILES string of the molecule is Cc1nc(CN)cc(-c2ccccc2Br)n1. The van der Waals surface area contributed by atoms with Gasteiger partial charge < -0.3 is 5.73 Å². The van der Waals surface area contributed by atoms with Gasteiger partial charge in [-0.2, -0.15) is 0 Å². The summed E-state index contributed by atoms with van der Waals surface area (Å²) in [6.07, 6.45) is 0. The molecule has 2 N–H and O–H groups in total. The van der Waals surface area contributed by atoms with Gasteiger partial charge in [0.25, 0.3) is 0 Å². The smallest absolute Gasteiger partial charge is 0.126 e. The lowest BCUT2D eigenvalue weighted by Gasteiger charge is -2.06. The molecule has 0 radical (unpaired) electrons. The van der Waals surface area contributed by atoms with Gasteiger partial charge >= 0.3 is 0 Å². The third-order valence-electron chi connectivity index (χ3n) is 2.25. The molecular weight excluding hydrogens is 266 g/mol. The molecule has 0 aliphatic rings. The molecule has 1 aromatic heterocycles. The van der Waals surface area contributed by atoms with Crippen molar-refractivity contribution in [3.63, 3.8) is 0 Å². The monoisotopic (exact) mass is 277 g/mol. The minimum atomic E-state index is 0.431. The van der Waals surface area contributed by atoms with Crippen LogP contribution < -0.4 is 5.73 Å². The molecule has 0 aliphatic heterocycles. The summed E-state index contributed by atoms with van der Waals surface area (Å²) in [5.74, 6) is 0.744. The van der Waals surface area contributed by atoms with Crippen LogP contribution in [-0.2, 0) is 6.54 Å². The van der Waals surface area contributed by atoms with Crippen LogP contribution in [0.2, 0.25) is 0 Å². The van der Waals surface area contributed by atoms with Crippen molar-refractivity contribution in [3.05, 3.63) is 46.3 Å². The van der Waals surface area contributed by atoms with Gasteiger partial charge in [0.05, 0.1) is 11.4 Å². The van der Waals surface area contributed by atoms with E-state index < -0.39 is 0 Å². The Morgan fingerprint density at radius 2 is 2.00 bits per heavy atom. The first-order valence-corrected chi connectivity index (χ1v) is 5.79. The van der Waals surface area contributed by atoms with Crippen LogP contribution in [-0.4, -0.2) is 9.97 Å². The first-order valence-electron chi connectivity index (χ1n) is 5.00. The number of halogens is 1. The molecule has 3 nitrogen and oxygen atoms in total. The second-order valence-electron chi connectivity index (χ2n) is 3.48. The molecule has 1 heterocycles. The molecule has 0 atom stereocenters. The maximum absolute atomic E-state index is 5.60. The topological polar surface area (TPSA) is 51.8 Å². The van der Waals surface area contributed by atoms with Crippen LogP contribution in [0.15, 0.2) is 34.8 Å². The number of hydrogen-bond acceptors (Lipinski definition) is 3. The normalized spacial score (nSPS) is 10.4. The van der Waals surface area contributed by atoms with E-state index in [0.717, 1.165) is 27.2 Å². The Balaban J connectivity index is 2.56. The molecule has 1 aromatic carbocycles. The molecule has 0 bridgehead atoms. The Bertz CT molecular complexity index is 511. The largest absolute Gasteiger partial charge is 0.325 e. The van der Waals surface area contributed by atoms with Gasteiger partial charge in [-0.05, 0) is 19.1 Å². The van der Waals surface area contributed by atoms with Crippen LogP contribution in [0.25, 0.3) is 11.3 Å². The predicted molar refractivity (Wildman–Crippen MR) is 67.8 cm³/mol. The lowest BCUT2D eigenvalue weighted by atomic mass is 10.1. The molecular formula is C12H12BrN3. The Morgan fingerprint density at radius 1 is 1.25 bits per heavy atom. The molecule has 82 valence electrons. The fourth-order valence-electron chi connectivity index (χ4n) is 1.54. The highest BCUT2D eigenvalue weighted by atomic mass is 79.9. The summed E-state index contributed by atoms with van der Waals surface area (Å²) in [5, 5.41) is 0. The molecule has 4 heteroatoms. The quantitative estimate of drug-likeness (QED) is 0.918. The van der Waals surface area contributed by atoms with E-state index in [1.54, 1.807) is 0 Å². The van der Waals surface area contributed by atoms with Crippen LogP contribution in [0.5, 0.6) is 0 Å². The number of nitrogens with zero attached hydrogens (tertiary/aromatic N) is 2. The van der Waals surface area contributed by atoms with Crippen LogP contribution in [0.4, 0.5) is 0 Å². The second kappa shape index (κ2) is 4.72. The van der Waals surface area contributed by atoms with Crippen molar-refractivity contribution in [3.8, 4) is 11.3 Å². The molecule has 16 heavy (non-hydrogen) atoms. The minimum absolute atomic E-state index is 0.431. The number of hydrogen-bond donors (Lipinski definition) is 1. The molecule has 0 amide bonds. The highest BCUT2D eigenvalue weighted by Crippen LogP contribution is 2.26. The summed E-state index contributed by atoms with van der Waals surface area (Å²) in [4.78, 5) is 8.67. The third-order valence-corrected chi connectivity index (χ3v) is 2.94. The van der Waals surface area contributed by atoms with Crippen molar-refractivity contribution < 1.29 is 0 Å². The van der Waals surface area contributed by atoms with E-state index in [1.165, 1.54) is 0 Å². The summed E-state index contributed by atoms with van der Waals surface area (Å²) < 4.78 is 1.02. The Kier molecular flexibility index (Phi) is 3.31. The first kappa shape index (κ1) is 11.2. The number of aryl methyl sites for hydroxylation is 1. The molecule has 0 unspecified atom stereocenters. The minimum Gasteiger partial charge on any atom is -0.325 e. The van der Waals surface area contributed by atoms with E-state index in [0.29, 0.717) is 6.54 Å². The lowest BCUT2D eigenvalue weighted by molar-refractivity contribution is 0.929. The second-order valence-corrected chi connectivity index (χ2v) is 4.33. The van der Waals surface area contributed by atoms with Crippen molar-refractivity contribution in [2.24, 2.45) is 5.73 Å². The van der Waals surface area contributed by atoms with Gasteiger partial charge in [0.15, 0.2) is 0 Å². The fraction of sp³-hybridized carbons (Fsp3) is 0.167. The standard InChI is InChI=1S/C12H12BrN3/c1-8-15-9(7-14)6-12(16-8)10-4-2-3-5-11(10)13/h2-6H,7,14H2,1H3. The Morgan fingerprint density at radius 3 is 2.69 bits per heavy atom. The van der Waals surface area contributed by atoms with Gasteiger partial charge in [-0.25, -0.2) is 9.97 Å². The fourth-order valence-corrected chi connectivity index (χ4v) is 2.03. The number of benzene rings is 1. The zero-order valence-corrected chi connectivity index (χ0v) is 10.5. The van der Waals surface area contributed by atoms with Gasteiger partial charge in [-0.1, -0.05) is 34.1 Å². The van der Waals surface area contributed by atoms with Crippen molar-refractivity contribution in [1.82, 2.24) is 9.97 Å². The van der Waals surface area contributed by atoms with Crippen LogP contribution in [0.3, 0.4) is 0 Å². The maximum atomic E-state index is 5.60. The predicted octanol–water partition coefficient (Wildman–Crippen LogP) is 2.67. The van der Waals surface area contributed by atoms with E-state index in [1.807, 2.05) is 37.3 Å². The maximum Gasteiger partial charge on any atom is 0.126 e. The number of rotatable bonds is 2. The number of aromatic nitrogens is 2. The number of nitrogens with two attached hydrogens (primary N) is 1. The molecule has 0 aliphatic carbocycles. The van der Waals surface area contributed by atoms with Gasteiger partial charge in [-0.3, -0.25) is 0 Å². The highest BCUT2D eigenvalue weighted by Gasteiger charge is 2.06. The molecule has 0 fully saturated rings. The van der Waals surface area contributed by atoms with Gasteiger partial charge in [-0.15, -0.1) is 0 Å². The third kappa shape index (κ3) is 2.28. The van der Waals surface area contributed by atoms with Crippen molar-refractivity contribution in [2.45, 2.75) is 13.5 Å². The van der Waals surface area contributed by atoms with Crippen LogP contribution >= 0.6 is 15.9 Å². The summed E-state index contributed by atoms with van der Waals surface area (Å²) in [6.45, 7) is 2.31. The van der Waals surface area contributed by atoms with E-state index in [4.69, 9.17) is 5.73 Å². The highest BCUT2D eigenvalue weighted by molar-refractivity contribution is 9.10. The van der Waals surface area contributed by atoms with Crippen molar-refractivity contribution in [2.75, 3.05) is 0 Å². The van der Waals surface area contributed by atoms with Crippen LogP contribution in [0, 0.1) is 6.92 Å². The lowest BCUT2D eigenvalue weighted by Crippen LogP contribution is -2.03. The molecule has 2 aromatic rings. The molecule has 2 rings (SSSR count). The molecule has 0 saturated heterocycles. The summed E-state index contributed by atoms with van der Waals surface area (Å²) in [7, 11) is 0. The van der Waals surface area contributed by atoms with Crippen LogP contribution in [0.1, 0.15) is 11.5 Å². The average molecular weight is 278 g/mol. The van der Waals surface area contributed by atoms with E-state index >= 15 is 0 Å². The van der Waals surface area contributed by atoms with E-state index in [-0.39, 0.29) is 0 Å². The zero-order valence-electron chi connectivity index (χ0n) is 8.94. The van der Waals surface area contributed by atoms with Gasteiger partial charge in [0.1, 0.15) is 5.82 Å². The van der Waals surface area contributed by atoms with E-state index in [2.05, 4.69) is 25.9 Å². The van der Waals surface area contributed by atoms with Crippen molar-refractivity contribution in [1.29, 1.82) is 0 Å². The van der Waals surface area contributed by atoms with Gasteiger partial charge in [0.2, 0.25) is 0 Å². The summed E-state index contributed by atoms with van der Waals surface area (Å²) in [5.41, 5.74) is 8.42. The summed E-state index contributed by atoms with van der Waals surface area (Å²) >= 11 is 3.51. The van der Waals surface area contributed by atoms with E-state index in [9.17, 15) is 0 Å². The molecule has 0 spiro atoms. The molecule has 0 saturated carbocycles. The van der Waals surface area contributed by atoms with Crippen molar-refractivity contribution >= 4 is 15.9 Å². The Labute approximate surface area is 103 Å². The average Bonchev–Trinajstić information content (AvgIpc) is 2.28.